The second kappa shape index (κ2) is 7.65. The number of aldehydes is 1. The third-order valence-corrected chi connectivity index (χ3v) is 4.01. The number of rotatable bonds is 6. The van der Waals surface area contributed by atoms with E-state index in [-0.39, 0.29) is 17.0 Å². The Hall–Kier alpha value is -3.74. The number of carbonyl (C=O) groups excluding carboxylic acids is 2. The van der Waals surface area contributed by atoms with E-state index in [2.05, 4.69) is 5.32 Å². The molecule has 3 aromatic rings. The number of carbonyl (C=O) groups is 2. The van der Waals surface area contributed by atoms with E-state index in [1.54, 1.807) is 6.07 Å². The topological polar surface area (TPSA) is 98.5 Å². The van der Waals surface area contributed by atoms with Gasteiger partial charge in [-0.25, -0.2) is 0 Å². The summed E-state index contributed by atoms with van der Waals surface area (Å²) in [5.41, 5.74) is 0.382. The zero-order valence-corrected chi connectivity index (χ0v) is 14.4. The first kappa shape index (κ1) is 18.1. The minimum atomic E-state index is -0.975. The Morgan fingerprint density at radius 2 is 1.85 bits per heavy atom. The van der Waals surface area contributed by atoms with Gasteiger partial charge in [-0.05, 0) is 42.0 Å². The molecule has 0 heterocycles. The van der Waals surface area contributed by atoms with Gasteiger partial charge in [-0.2, -0.15) is 0 Å². The molecule has 1 atom stereocenters. The first-order valence-corrected chi connectivity index (χ1v) is 8.18. The number of benzene rings is 3. The van der Waals surface area contributed by atoms with Crippen molar-refractivity contribution in [1.82, 2.24) is 0 Å². The predicted octanol–water partition coefficient (Wildman–Crippen LogP) is 3.97. The van der Waals surface area contributed by atoms with Crippen LogP contribution in [0.2, 0.25) is 0 Å². The molecular formula is C20H16N2O5. The molecule has 27 heavy (non-hydrogen) atoms. The smallest absolute Gasteiger partial charge is 0.311 e. The zero-order valence-electron chi connectivity index (χ0n) is 14.4. The van der Waals surface area contributed by atoms with Crippen molar-refractivity contribution in [3.8, 4) is 5.75 Å². The summed E-state index contributed by atoms with van der Waals surface area (Å²) in [5, 5.41) is 15.9. The fourth-order valence-corrected chi connectivity index (χ4v) is 2.60. The van der Waals surface area contributed by atoms with Crippen molar-refractivity contribution in [2.24, 2.45) is 0 Å². The van der Waals surface area contributed by atoms with Crippen LogP contribution in [0.1, 0.15) is 17.3 Å². The number of hydrogen-bond acceptors (Lipinski definition) is 5. The van der Waals surface area contributed by atoms with Crippen molar-refractivity contribution in [2.45, 2.75) is 13.0 Å². The van der Waals surface area contributed by atoms with Gasteiger partial charge in [0, 0.05) is 17.3 Å². The second-order valence-electron chi connectivity index (χ2n) is 5.91. The van der Waals surface area contributed by atoms with E-state index in [0.717, 1.165) is 16.8 Å². The monoisotopic (exact) mass is 364 g/mol. The highest BCUT2D eigenvalue weighted by Gasteiger charge is 2.22. The standard InChI is InChI=1S/C20H16N2O5/c1-13(27-19-9-6-14(12-23)10-18(19)22(25)26)20(24)21-17-8-7-15-4-2-3-5-16(15)11-17/h2-13H,1H3,(H,21,24)/t13-/m1/s1. The van der Waals surface area contributed by atoms with Gasteiger partial charge in [0.2, 0.25) is 0 Å². The lowest BCUT2D eigenvalue weighted by molar-refractivity contribution is -0.386. The Balaban J connectivity index is 1.75. The van der Waals surface area contributed by atoms with Gasteiger partial charge in [0.25, 0.3) is 5.91 Å². The van der Waals surface area contributed by atoms with E-state index in [1.165, 1.54) is 19.1 Å². The van der Waals surface area contributed by atoms with Crippen molar-refractivity contribution in [3.05, 3.63) is 76.3 Å². The molecule has 7 heteroatoms. The van der Waals surface area contributed by atoms with Crippen molar-refractivity contribution < 1.29 is 19.2 Å². The fraction of sp³-hybridized carbons (Fsp3) is 0.100. The summed E-state index contributed by atoms with van der Waals surface area (Å²) in [4.78, 5) is 33.7. The average molecular weight is 364 g/mol. The number of nitrogens with one attached hydrogen (secondary N) is 1. The maximum atomic E-state index is 12.4. The lowest BCUT2D eigenvalue weighted by atomic mass is 10.1. The fourth-order valence-electron chi connectivity index (χ4n) is 2.60. The third-order valence-electron chi connectivity index (χ3n) is 4.01. The van der Waals surface area contributed by atoms with E-state index in [0.29, 0.717) is 12.0 Å². The van der Waals surface area contributed by atoms with Gasteiger partial charge in [0.05, 0.1) is 4.92 Å². The van der Waals surface area contributed by atoms with Gasteiger partial charge in [0.1, 0.15) is 6.29 Å². The number of amides is 1. The molecule has 1 amide bonds. The molecule has 0 aromatic heterocycles. The molecule has 1 N–H and O–H groups in total. The van der Waals surface area contributed by atoms with E-state index in [4.69, 9.17) is 4.74 Å². The van der Waals surface area contributed by atoms with Crippen molar-refractivity contribution >= 4 is 34.3 Å². The molecule has 0 unspecified atom stereocenters. The minimum Gasteiger partial charge on any atom is -0.474 e. The number of nitro benzene ring substituents is 1. The molecule has 0 aliphatic carbocycles. The van der Waals surface area contributed by atoms with Crippen molar-refractivity contribution in [3.63, 3.8) is 0 Å². The Morgan fingerprint density at radius 1 is 1.11 bits per heavy atom. The molecular weight excluding hydrogens is 348 g/mol. The molecule has 0 fully saturated rings. The van der Waals surface area contributed by atoms with Crippen LogP contribution in [0, 0.1) is 10.1 Å². The highest BCUT2D eigenvalue weighted by atomic mass is 16.6. The van der Waals surface area contributed by atoms with Crippen LogP contribution in [0.4, 0.5) is 11.4 Å². The number of nitro groups is 1. The molecule has 0 saturated carbocycles. The van der Waals surface area contributed by atoms with Gasteiger partial charge < -0.3 is 10.1 Å². The zero-order chi connectivity index (χ0) is 19.4. The Kier molecular flexibility index (Phi) is 5.12. The summed E-state index contributed by atoms with van der Waals surface area (Å²) in [6.07, 6.45) is -0.468. The van der Waals surface area contributed by atoms with Gasteiger partial charge >= 0.3 is 5.69 Å². The largest absolute Gasteiger partial charge is 0.474 e. The first-order valence-electron chi connectivity index (χ1n) is 8.18. The normalized spacial score (nSPS) is 11.6. The number of ether oxygens (including phenoxy) is 1. The van der Waals surface area contributed by atoms with Crippen LogP contribution >= 0.6 is 0 Å². The molecule has 0 saturated heterocycles. The second-order valence-corrected chi connectivity index (χ2v) is 5.91. The lowest BCUT2D eigenvalue weighted by Crippen LogP contribution is -2.30. The molecule has 0 aliphatic heterocycles. The highest BCUT2D eigenvalue weighted by Crippen LogP contribution is 2.28. The molecule has 0 bridgehead atoms. The van der Waals surface area contributed by atoms with Crippen LogP contribution in [-0.2, 0) is 4.79 Å². The quantitative estimate of drug-likeness (QED) is 0.405. The summed E-state index contributed by atoms with van der Waals surface area (Å²) in [5.74, 6) is -0.522. The van der Waals surface area contributed by atoms with Crippen LogP contribution in [0.5, 0.6) is 5.75 Å². The Morgan fingerprint density at radius 3 is 2.56 bits per heavy atom. The van der Waals surface area contributed by atoms with E-state index in [1.807, 2.05) is 36.4 Å². The van der Waals surface area contributed by atoms with E-state index < -0.39 is 16.9 Å². The van der Waals surface area contributed by atoms with Gasteiger partial charge in [-0.1, -0.05) is 30.3 Å². The molecule has 7 nitrogen and oxygen atoms in total. The van der Waals surface area contributed by atoms with Gasteiger partial charge in [0.15, 0.2) is 11.9 Å². The van der Waals surface area contributed by atoms with Crippen LogP contribution in [0.3, 0.4) is 0 Å². The van der Waals surface area contributed by atoms with Crippen LogP contribution in [0.15, 0.2) is 60.7 Å². The molecule has 0 radical (unpaired) electrons. The lowest BCUT2D eigenvalue weighted by Gasteiger charge is -2.15. The Bertz CT molecular complexity index is 1030. The molecule has 136 valence electrons. The van der Waals surface area contributed by atoms with Crippen molar-refractivity contribution in [1.29, 1.82) is 0 Å². The van der Waals surface area contributed by atoms with Crippen LogP contribution in [0.25, 0.3) is 10.8 Å². The van der Waals surface area contributed by atoms with Gasteiger partial charge in [-0.3, -0.25) is 19.7 Å². The highest BCUT2D eigenvalue weighted by molar-refractivity contribution is 5.96. The number of fused-ring (bicyclic) bond motifs is 1. The van der Waals surface area contributed by atoms with Crippen LogP contribution in [-0.4, -0.2) is 23.2 Å². The number of anilines is 1. The summed E-state index contributed by atoms with van der Waals surface area (Å²) < 4.78 is 5.46. The summed E-state index contributed by atoms with van der Waals surface area (Å²) in [6.45, 7) is 1.49. The minimum absolute atomic E-state index is 0.0771. The first-order chi connectivity index (χ1) is 13.0. The van der Waals surface area contributed by atoms with Gasteiger partial charge in [-0.15, -0.1) is 0 Å². The third kappa shape index (κ3) is 4.09. The molecule has 3 rings (SSSR count). The average Bonchev–Trinajstić information content (AvgIpc) is 2.67. The molecule has 0 aliphatic rings. The van der Waals surface area contributed by atoms with Crippen LogP contribution < -0.4 is 10.1 Å². The van der Waals surface area contributed by atoms with Crippen molar-refractivity contribution in [2.75, 3.05) is 5.32 Å². The maximum absolute atomic E-state index is 12.4. The summed E-state index contributed by atoms with van der Waals surface area (Å²) in [6, 6.07) is 17.0. The van der Waals surface area contributed by atoms with E-state index in [9.17, 15) is 19.7 Å². The number of hydrogen-bond donors (Lipinski definition) is 1. The summed E-state index contributed by atoms with van der Waals surface area (Å²) >= 11 is 0. The summed E-state index contributed by atoms with van der Waals surface area (Å²) in [7, 11) is 0. The maximum Gasteiger partial charge on any atom is 0.311 e. The number of nitrogens with zero attached hydrogens (tertiary/aromatic N) is 1. The Labute approximate surface area is 154 Å². The van der Waals surface area contributed by atoms with E-state index >= 15 is 0 Å². The molecule has 3 aromatic carbocycles. The molecule has 0 spiro atoms. The predicted molar refractivity (Wildman–Crippen MR) is 101 cm³/mol. The SMILES string of the molecule is C[C@@H](Oc1ccc(C=O)cc1[N+](=O)[O-])C(=O)Nc1ccc2ccccc2c1.